The van der Waals surface area contributed by atoms with Gasteiger partial charge in [0, 0.05) is 23.3 Å². The molecule has 0 saturated carbocycles. The normalized spacial score (nSPS) is 11.6. The number of aromatic amines is 1. The lowest BCUT2D eigenvalue weighted by Gasteiger charge is -2.23. The van der Waals surface area contributed by atoms with Crippen LogP contribution in [-0.4, -0.2) is 15.6 Å². The summed E-state index contributed by atoms with van der Waals surface area (Å²) in [7, 11) is 0. The number of H-pyrrole nitrogens is 1. The first-order valence-electron chi connectivity index (χ1n) is 6.48. The van der Waals surface area contributed by atoms with Gasteiger partial charge in [0.05, 0.1) is 0 Å². The van der Waals surface area contributed by atoms with Crippen LogP contribution < -0.4 is 10.6 Å². The Labute approximate surface area is 119 Å². The molecule has 102 valence electrons. The van der Waals surface area contributed by atoms with E-state index in [1.807, 2.05) is 0 Å². The van der Waals surface area contributed by atoms with Crippen molar-refractivity contribution in [2.24, 2.45) is 0 Å². The van der Waals surface area contributed by atoms with Gasteiger partial charge in [-0.25, -0.2) is 0 Å². The summed E-state index contributed by atoms with van der Waals surface area (Å²) in [4.78, 5) is 3.32. The Bertz CT molecular complexity index is 593. The molecule has 1 aromatic carbocycles. The van der Waals surface area contributed by atoms with Crippen molar-refractivity contribution in [2.45, 2.75) is 39.8 Å². The predicted octanol–water partition coefficient (Wildman–Crippen LogP) is 3.24. The zero-order chi connectivity index (χ0) is 14.0. The van der Waals surface area contributed by atoms with Crippen molar-refractivity contribution in [1.82, 2.24) is 15.6 Å². The van der Waals surface area contributed by atoms with Crippen LogP contribution in [0.5, 0.6) is 0 Å². The van der Waals surface area contributed by atoms with Crippen molar-refractivity contribution < 1.29 is 0 Å². The Morgan fingerprint density at radius 1 is 1.26 bits per heavy atom. The van der Waals surface area contributed by atoms with E-state index in [9.17, 15) is 0 Å². The molecule has 0 fully saturated rings. The Kier molecular flexibility index (Phi) is 3.80. The topological polar surface area (TPSA) is 39.8 Å². The van der Waals surface area contributed by atoms with E-state index in [0.717, 1.165) is 6.54 Å². The van der Waals surface area contributed by atoms with Crippen molar-refractivity contribution in [1.29, 1.82) is 0 Å². The van der Waals surface area contributed by atoms with E-state index < -0.39 is 0 Å². The van der Waals surface area contributed by atoms with Crippen molar-refractivity contribution in [3.63, 3.8) is 0 Å². The molecular formula is C15H21N3S. The molecule has 4 heteroatoms. The van der Waals surface area contributed by atoms with E-state index in [-0.39, 0.29) is 5.54 Å². The Hall–Kier alpha value is -1.55. The summed E-state index contributed by atoms with van der Waals surface area (Å²) >= 11 is 5.27. The molecule has 1 aromatic heterocycles. The van der Waals surface area contributed by atoms with Gasteiger partial charge >= 0.3 is 0 Å². The largest absolute Gasteiger partial charge is 0.359 e. The molecule has 0 aliphatic heterocycles. The van der Waals surface area contributed by atoms with E-state index >= 15 is 0 Å². The van der Waals surface area contributed by atoms with Crippen LogP contribution in [0.15, 0.2) is 24.3 Å². The second-order valence-electron chi connectivity index (χ2n) is 5.93. The summed E-state index contributed by atoms with van der Waals surface area (Å²) in [6, 6.07) is 8.57. The van der Waals surface area contributed by atoms with E-state index in [1.165, 1.54) is 22.2 Å². The van der Waals surface area contributed by atoms with E-state index in [0.29, 0.717) is 5.11 Å². The van der Waals surface area contributed by atoms with Gasteiger partial charge in [-0.15, -0.1) is 0 Å². The SMILES string of the molecule is Cc1cc2cc(CNC(=S)NC(C)(C)C)ccc2[nH]1. The average Bonchev–Trinajstić information content (AvgIpc) is 2.63. The molecule has 0 atom stereocenters. The van der Waals surface area contributed by atoms with Crippen molar-refractivity contribution in [3.8, 4) is 0 Å². The van der Waals surface area contributed by atoms with Gasteiger partial charge in [-0.05, 0) is 69.1 Å². The van der Waals surface area contributed by atoms with Crippen LogP contribution in [0, 0.1) is 6.92 Å². The summed E-state index contributed by atoms with van der Waals surface area (Å²) < 4.78 is 0. The summed E-state index contributed by atoms with van der Waals surface area (Å²) in [6.45, 7) is 9.09. The Morgan fingerprint density at radius 3 is 2.68 bits per heavy atom. The average molecular weight is 275 g/mol. The third-order valence-corrected chi connectivity index (χ3v) is 3.01. The predicted molar refractivity (Wildman–Crippen MR) is 85.4 cm³/mol. The number of aryl methyl sites for hydroxylation is 1. The van der Waals surface area contributed by atoms with E-state index in [1.54, 1.807) is 0 Å². The first-order chi connectivity index (χ1) is 8.83. The van der Waals surface area contributed by atoms with Crippen molar-refractivity contribution in [2.75, 3.05) is 0 Å². The Balaban J connectivity index is 1.99. The minimum absolute atomic E-state index is 0.00815. The maximum absolute atomic E-state index is 5.27. The summed E-state index contributed by atoms with van der Waals surface area (Å²) in [5.41, 5.74) is 3.58. The zero-order valence-corrected chi connectivity index (χ0v) is 12.7. The second-order valence-corrected chi connectivity index (χ2v) is 6.34. The lowest BCUT2D eigenvalue weighted by atomic mass is 10.1. The van der Waals surface area contributed by atoms with Crippen LogP contribution >= 0.6 is 12.2 Å². The number of nitrogens with one attached hydrogen (secondary N) is 3. The van der Waals surface area contributed by atoms with Gasteiger partial charge in [0.1, 0.15) is 0 Å². The van der Waals surface area contributed by atoms with Gasteiger partial charge in [-0.2, -0.15) is 0 Å². The van der Waals surface area contributed by atoms with Gasteiger partial charge in [-0.1, -0.05) is 6.07 Å². The zero-order valence-electron chi connectivity index (χ0n) is 11.9. The number of hydrogen-bond acceptors (Lipinski definition) is 1. The monoisotopic (exact) mass is 275 g/mol. The molecule has 19 heavy (non-hydrogen) atoms. The first kappa shape index (κ1) is 13.9. The van der Waals surface area contributed by atoms with E-state index in [2.05, 4.69) is 67.6 Å². The van der Waals surface area contributed by atoms with Gasteiger partial charge in [0.2, 0.25) is 0 Å². The molecule has 0 amide bonds. The molecule has 3 N–H and O–H groups in total. The minimum atomic E-state index is -0.00815. The highest BCUT2D eigenvalue weighted by molar-refractivity contribution is 7.80. The maximum Gasteiger partial charge on any atom is 0.166 e. The van der Waals surface area contributed by atoms with Gasteiger partial charge < -0.3 is 15.6 Å². The lowest BCUT2D eigenvalue weighted by Crippen LogP contribution is -2.45. The smallest absolute Gasteiger partial charge is 0.166 e. The van der Waals surface area contributed by atoms with Gasteiger partial charge in [-0.3, -0.25) is 0 Å². The fraction of sp³-hybridized carbons (Fsp3) is 0.400. The molecular weight excluding hydrogens is 254 g/mol. The van der Waals surface area contributed by atoms with Crippen LogP contribution in [0.3, 0.4) is 0 Å². The standard InChI is InChI=1S/C15H21N3S/c1-10-7-12-8-11(5-6-13(12)17-10)9-16-14(19)18-15(2,3)4/h5-8,17H,9H2,1-4H3,(H2,16,18,19). The molecule has 2 aromatic rings. The Morgan fingerprint density at radius 2 is 2.00 bits per heavy atom. The van der Waals surface area contributed by atoms with Gasteiger partial charge in [0.15, 0.2) is 5.11 Å². The molecule has 0 unspecified atom stereocenters. The van der Waals surface area contributed by atoms with Crippen LogP contribution in [-0.2, 0) is 6.54 Å². The van der Waals surface area contributed by atoms with Crippen LogP contribution in [0.4, 0.5) is 0 Å². The van der Waals surface area contributed by atoms with Crippen molar-refractivity contribution >= 4 is 28.2 Å². The molecule has 3 nitrogen and oxygen atoms in total. The number of aromatic nitrogens is 1. The van der Waals surface area contributed by atoms with Crippen LogP contribution in [0.25, 0.3) is 10.9 Å². The van der Waals surface area contributed by atoms with E-state index in [4.69, 9.17) is 12.2 Å². The number of hydrogen-bond donors (Lipinski definition) is 3. The molecule has 0 spiro atoms. The fourth-order valence-electron chi connectivity index (χ4n) is 2.00. The molecule has 0 bridgehead atoms. The number of fused-ring (bicyclic) bond motifs is 1. The number of rotatable bonds is 2. The highest BCUT2D eigenvalue weighted by Gasteiger charge is 2.10. The quantitative estimate of drug-likeness (QED) is 0.737. The highest BCUT2D eigenvalue weighted by Crippen LogP contribution is 2.16. The molecule has 0 aliphatic carbocycles. The molecule has 1 heterocycles. The van der Waals surface area contributed by atoms with Crippen LogP contribution in [0.2, 0.25) is 0 Å². The molecule has 0 aliphatic rings. The fourth-order valence-corrected chi connectivity index (χ4v) is 2.38. The van der Waals surface area contributed by atoms with Crippen molar-refractivity contribution in [3.05, 3.63) is 35.5 Å². The lowest BCUT2D eigenvalue weighted by molar-refractivity contribution is 0.506. The third-order valence-electron chi connectivity index (χ3n) is 2.76. The molecule has 0 saturated heterocycles. The summed E-state index contributed by atoms with van der Waals surface area (Å²) in [6.07, 6.45) is 0. The highest BCUT2D eigenvalue weighted by atomic mass is 32.1. The van der Waals surface area contributed by atoms with Gasteiger partial charge in [0.25, 0.3) is 0 Å². The molecule has 2 rings (SSSR count). The van der Waals surface area contributed by atoms with Crippen LogP contribution in [0.1, 0.15) is 32.0 Å². The minimum Gasteiger partial charge on any atom is -0.359 e. The third kappa shape index (κ3) is 3.96. The molecule has 0 radical (unpaired) electrons. The first-order valence-corrected chi connectivity index (χ1v) is 6.88. The summed E-state index contributed by atoms with van der Waals surface area (Å²) in [5, 5.41) is 8.42. The maximum atomic E-state index is 5.27. The second kappa shape index (κ2) is 5.21. The number of thiocarbonyl (C=S) groups is 1. The number of benzene rings is 1. The summed E-state index contributed by atoms with van der Waals surface area (Å²) in [5.74, 6) is 0.